The topological polar surface area (TPSA) is 85.9 Å². The lowest BCUT2D eigenvalue weighted by atomic mass is 10.1. The third-order valence-electron chi connectivity index (χ3n) is 2.95. The average Bonchev–Trinajstić information content (AvgIpc) is 2.59. The van der Waals surface area contributed by atoms with Crippen molar-refractivity contribution >= 4 is 27.8 Å². The summed E-state index contributed by atoms with van der Waals surface area (Å²) in [7, 11) is 0. The summed E-state index contributed by atoms with van der Waals surface area (Å²) in [4.78, 5) is 14.9. The summed E-state index contributed by atoms with van der Waals surface area (Å²) in [5.74, 6) is 1.59. The van der Waals surface area contributed by atoms with E-state index in [1.807, 2.05) is 12.1 Å². The number of nitrogens with one attached hydrogen (secondary N) is 1. The van der Waals surface area contributed by atoms with Gasteiger partial charge >= 0.3 is 6.03 Å². The van der Waals surface area contributed by atoms with E-state index >= 15 is 0 Å². The van der Waals surface area contributed by atoms with Crippen molar-refractivity contribution in [3.8, 4) is 11.5 Å². The van der Waals surface area contributed by atoms with Gasteiger partial charge in [0.2, 0.25) is 0 Å². The molecule has 2 heterocycles. The summed E-state index contributed by atoms with van der Waals surface area (Å²) in [6, 6.07) is 2.84. The van der Waals surface area contributed by atoms with Gasteiger partial charge in [0.1, 0.15) is 11.9 Å². The number of carbonyl (C=O) groups excluding carboxylic acids is 1. The molecule has 0 aliphatic carbocycles. The molecule has 1 unspecified atom stereocenters. The van der Waals surface area contributed by atoms with Crippen LogP contribution in [0.1, 0.15) is 18.0 Å². The maximum Gasteiger partial charge on any atom is 0.343 e. The predicted molar refractivity (Wildman–Crippen MR) is 72.6 cm³/mol. The number of halogens is 1. The molecule has 1 aromatic rings. The van der Waals surface area contributed by atoms with Gasteiger partial charge in [-0.15, -0.1) is 0 Å². The zero-order valence-corrected chi connectivity index (χ0v) is 11.6. The number of hydrogen-bond acceptors (Lipinski definition) is 4. The van der Waals surface area contributed by atoms with Crippen LogP contribution in [0.3, 0.4) is 0 Å². The van der Waals surface area contributed by atoms with Crippen molar-refractivity contribution in [1.82, 2.24) is 5.32 Å². The minimum absolute atomic E-state index is 0.256. The second kappa shape index (κ2) is 4.73. The highest BCUT2D eigenvalue weighted by Gasteiger charge is 2.27. The van der Waals surface area contributed by atoms with Gasteiger partial charge in [0, 0.05) is 6.42 Å². The summed E-state index contributed by atoms with van der Waals surface area (Å²) in [6.07, 6.45) is 0.834. The minimum atomic E-state index is -0.425. The largest absolute Gasteiger partial charge is 0.490 e. The fraction of sp³-hybridized carbons (Fsp3) is 0.333. The Morgan fingerprint density at radius 3 is 2.89 bits per heavy atom. The van der Waals surface area contributed by atoms with Gasteiger partial charge < -0.3 is 20.5 Å². The molecule has 2 amide bonds. The third kappa shape index (κ3) is 2.25. The lowest BCUT2D eigenvalue weighted by Crippen LogP contribution is -2.27. The second-order valence-corrected chi connectivity index (χ2v) is 5.15. The fourth-order valence-electron chi connectivity index (χ4n) is 2.08. The van der Waals surface area contributed by atoms with Crippen LogP contribution in [0.25, 0.3) is 0 Å². The zero-order chi connectivity index (χ0) is 13.4. The lowest BCUT2D eigenvalue weighted by molar-refractivity contribution is 0.250. The van der Waals surface area contributed by atoms with Crippen molar-refractivity contribution in [2.45, 2.75) is 12.5 Å². The maximum atomic E-state index is 11.2. The molecule has 0 aromatic heterocycles. The average molecular weight is 326 g/mol. The standard InChI is InChI=1S/C12H12BrN3O3/c13-7-4-6(9-11(14)16-12(17)15-9)5-8-10(7)19-3-1-2-18-8/h4-5,9H,1-3H2,(H3,14,15,16,17). The number of urea groups is 1. The van der Waals surface area contributed by atoms with Crippen LogP contribution in [-0.2, 0) is 0 Å². The number of ether oxygens (including phenoxy) is 2. The molecule has 3 N–H and O–H groups in total. The number of amides is 2. The SMILES string of the molecule is NC1=NC(=O)NC1c1cc(Br)c2c(c1)OCCCO2. The first-order valence-corrected chi connectivity index (χ1v) is 6.68. The van der Waals surface area contributed by atoms with Crippen molar-refractivity contribution in [2.24, 2.45) is 10.7 Å². The molecule has 100 valence electrons. The van der Waals surface area contributed by atoms with E-state index in [2.05, 4.69) is 26.2 Å². The summed E-state index contributed by atoms with van der Waals surface area (Å²) in [5.41, 5.74) is 6.55. The molecule has 0 bridgehead atoms. The molecule has 0 saturated heterocycles. The van der Waals surface area contributed by atoms with Crippen LogP contribution in [-0.4, -0.2) is 25.1 Å². The summed E-state index contributed by atoms with van der Waals surface area (Å²) < 4.78 is 12.0. The molecule has 1 atom stereocenters. The van der Waals surface area contributed by atoms with Crippen LogP contribution in [0, 0.1) is 0 Å². The van der Waals surface area contributed by atoms with Crippen molar-refractivity contribution in [2.75, 3.05) is 13.2 Å². The number of hydrogen-bond donors (Lipinski definition) is 2. The zero-order valence-electron chi connectivity index (χ0n) is 9.98. The van der Waals surface area contributed by atoms with Crippen LogP contribution in [0.5, 0.6) is 11.5 Å². The maximum absolute atomic E-state index is 11.2. The number of aliphatic imine (C=N–C) groups is 1. The first-order valence-electron chi connectivity index (χ1n) is 5.89. The number of nitrogens with two attached hydrogens (primary N) is 1. The number of amidine groups is 1. The third-order valence-corrected chi connectivity index (χ3v) is 3.54. The normalized spacial score (nSPS) is 21.6. The number of rotatable bonds is 1. The van der Waals surface area contributed by atoms with Gasteiger partial charge in [-0.3, -0.25) is 0 Å². The number of nitrogens with zero attached hydrogens (tertiary/aromatic N) is 1. The van der Waals surface area contributed by atoms with Crippen LogP contribution in [0.15, 0.2) is 21.6 Å². The number of benzene rings is 1. The molecule has 3 rings (SSSR count). The van der Waals surface area contributed by atoms with Gasteiger partial charge in [-0.25, -0.2) is 4.79 Å². The Morgan fingerprint density at radius 2 is 2.16 bits per heavy atom. The smallest absolute Gasteiger partial charge is 0.343 e. The Hall–Kier alpha value is -1.76. The molecule has 1 aromatic carbocycles. The van der Waals surface area contributed by atoms with E-state index < -0.39 is 12.1 Å². The van der Waals surface area contributed by atoms with Crippen LogP contribution < -0.4 is 20.5 Å². The Labute approximate surface area is 118 Å². The summed E-state index contributed by atoms with van der Waals surface area (Å²) in [5, 5.41) is 2.68. The highest BCUT2D eigenvalue weighted by Crippen LogP contribution is 2.39. The highest BCUT2D eigenvalue weighted by atomic mass is 79.9. The van der Waals surface area contributed by atoms with Crippen molar-refractivity contribution in [3.05, 3.63) is 22.2 Å². The van der Waals surface area contributed by atoms with Crippen LogP contribution in [0.2, 0.25) is 0 Å². The van der Waals surface area contributed by atoms with Crippen molar-refractivity contribution < 1.29 is 14.3 Å². The molecule has 2 aliphatic rings. The molecule has 6 nitrogen and oxygen atoms in total. The van der Waals surface area contributed by atoms with E-state index in [9.17, 15) is 4.79 Å². The number of carbonyl (C=O) groups is 1. The van der Waals surface area contributed by atoms with Crippen LogP contribution in [0.4, 0.5) is 4.79 Å². The molecule has 0 spiro atoms. The van der Waals surface area contributed by atoms with Crippen molar-refractivity contribution in [3.63, 3.8) is 0 Å². The Balaban J connectivity index is 2.00. The predicted octanol–water partition coefficient (Wildman–Crippen LogP) is 1.73. The van der Waals surface area contributed by atoms with Crippen molar-refractivity contribution in [1.29, 1.82) is 0 Å². The van der Waals surface area contributed by atoms with Gasteiger partial charge in [-0.05, 0) is 33.6 Å². The minimum Gasteiger partial charge on any atom is -0.490 e. The van der Waals surface area contributed by atoms with Gasteiger partial charge in [-0.1, -0.05) is 0 Å². The van der Waals surface area contributed by atoms with E-state index in [-0.39, 0.29) is 5.84 Å². The molecule has 19 heavy (non-hydrogen) atoms. The Morgan fingerprint density at radius 1 is 1.37 bits per heavy atom. The van der Waals surface area contributed by atoms with E-state index in [1.165, 1.54) is 0 Å². The molecular weight excluding hydrogens is 314 g/mol. The van der Waals surface area contributed by atoms with E-state index in [4.69, 9.17) is 15.2 Å². The molecule has 0 saturated carbocycles. The first kappa shape index (κ1) is 12.3. The summed E-state index contributed by atoms with van der Waals surface area (Å²) >= 11 is 3.45. The van der Waals surface area contributed by atoms with Gasteiger partial charge in [-0.2, -0.15) is 4.99 Å². The lowest BCUT2D eigenvalue weighted by Gasteiger charge is -2.15. The first-order chi connectivity index (χ1) is 9.15. The van der Waals surface area contributed by atoms with Gasteiger partial charge in [0.25, 0.3) is 0 Å². The van der Waals surface area contributed by atoms with E-state index in [0.717, 1.165) is 16.5 Å². The molecule has 2 aliphatic heterocycles. The van der Waals surface area contributed by atoms with Gasteiger partial charge in [0.05, 0.1) is 17.7 Å². The quantitative estimate of drug-likeness (QED) is 0.823. The van der Waals surface area contributed by atoms with Crippen LogP contribution >= 0.6 is 15.9 Å². The van der Waals surface area contributed by atoms with Gasteiger partial charge in [0.15, 0.2) is 11.5 Å². The Bertz CT molecular complexity index is 574. The monoisotopic (exact) mass is 325 g/mol. The fourth-order valence-corrected chi connectivity index (χ4v) is 2.66. The number of fused-ring (bicyclic) bond motifs is 1. The molecule has 0 radical (unpaired) electrons. The molecule has 0 fully saturated rings. The van der Waals surface area contributed by atoms with E-state index in [1.54, 1.807) is 0 Å². The molecule has 7 heteroatoms. The Kier molecular flexibility index (Phi) is 3.06. The second-order valence-electron chi connectivity index (χ2n) is 4.30. The highest BCUT2D eigenvalue weighted by molar-refractivity contribution is 9.10. The van der Waals surface area contributed by atoms with E-state index in [0.29, 0.717) is 24.7 Å². The molecular formula is C12H12BrN3O3. The summed E-state index contributed by atoms with van der Waals surface area (Å²) in [6.45, 7) is 1.22.